The molecule has 0 radical (unpaired) electrons. The van der Waals surface area contributed by atoms with E-state index in [-0.39, 0.29) is 11.1 Å². The van der Waals surface area contributed by atoms with Crippen molar-refractivity contribution in [2.75, 3.05) is 7.11 Å². The highest BCUT2D eigenvalue weighted by Gasteiger charge is 2.16. The molecule has 0 saturated carbocycles. The molecular weight excluding hydrogens is 330 g/mol. The number of hydrogen-bond donors (Lipinski definition) is 2. The minimum Gasteiger partial charge on any atom is -0.497 e. The number of nitrogens with one attached hydrogen (secondary N) is 1. The third-order valence-electron chi connectivity index (χ3n) is 3.92. The zero-order chi connectivity index (χ0) is 19.3. The highest BCUT2D eigenvalue weighted by Crippen LogP contribution is 2.22. The molecule has 0 spiro atoms. The van der Waals surface area contributed by atoms with Crippen LogP contribution in [0.4, 0.5) is 0 Å². The molecular formula is C21H23NO4. The molecule has 0 fully saturated rings. The summed E-state index contributed by atoms with van der Waals surface area (Å²) in [7, 11) is 1.55. The van der Waals surface area contributed by atoms with Gasteiger partial charge in [0.05, 0.1) is 7.11 Å². The van der Waals surface area contributed by atoms with Gasteiger partial charge in [-0.1, -0.05) is 45.0 Å². The number of hydrogen-bond acceptors (Lipinski definition) is 3. The summed E-state index contributed by atoms with van der Waals surface area (Å²) >= 11 is 0. The molecule has 26 heavy (non-hydrogen) atoms. The largest absolute Gasteiger partial charge is 0.497 e. The maximum atomic E-state index is 12.4. The number of carboxylic acid groups (broad SMARTS) is 1. The number of rotatable bonds is 5. The summed E-state index contributed by atoms with van der Waals surface area (Å²) in [4.78, 5) is 23.8. The van der Waals surface area contributed by atoms with Crippen molar-refractivity contribution in [3.63, 3.8) is 0 Å². The van der Waals surface area contributed by atoms with Crippen LogP contribution < -0.4 is 10.1 Å². The fourth-order valence-corrected chi connectivity index (χ4v) is 2.33. The summed E-state index contributed by atoms with van der Waals surface area (Å²) < 4.78 is 5.07. The molecule has 0 atom stereocenters. The van der Waals surface area contributed by atoms with E-state index in [9.17, 15) is 14.7 Å². The number of methoxy groups -OCH3 is 1. The van der Waals surface area contributed by atoms with Gasteiger partial charge in [0.1, 0.15) is 11.4 Å². The standard InChI is InChI=1S/C21H23NO4/c1-21(2,3)16-9-7-15(8-10-16)19(23)22-18(20(24)25)13-14-5-11-17(26-4)12-6-14/h5-13H,1-4H3,(H,22,23)(H,24,25). The van der Waals surface area contributed by atoms with Gasteiger partial charge in [-0.3, -0.25) is 4.79 Å². The molecule has 2 rings (SSSR count). The van der Waals surface area contributed by atoms with Gasteiger partial charge in [0.25, 0.3) is 5.91 Å². The first-order chi connectivity index (χ1) is 12.2. The van der Waals surface area contributed by atoms with Crippen molar-refractivity contribution in [1.82, 2.24) is 5.32 Å². The fraction of sp³-hybridized carbons (Fsp3) is 0.238. The maximum absolute atomic E-state index is 12.4. The predicted molar refractivity (Wildman–Crippen MR) is 101 cm³/mol. The van der Waals surface area contributed by atoms with Gasteiger partial charge >= 0.3 is 5.97 Å². The van der Waals surface area contributed by atoms with Gasteiger partial charge in [0.2, 0.25) is 0 Å². The van der Waals surface area contributed by atoms with E-state index < -0.39 is 11.9 Å². The summed E-state index contributed by atoms with van der Waals surface area (Å²) in [5.41, 5.74) is 1.93. The minimum atomic E-state index is -1.21. The lowest BCUT2D eigenvalue weighted by Crippen LogP contribution is -2.27. The van der Waals surface area contributed by atoms with Crippen LogP contribution in [0.3, 0.4) is 0 Å². The van der Waals surface area contributed by atoms with Crippen molar-refractivity contribution < 1.29 is 19.4 Å². The number of carbonyl (C=O) groups is 2. The van der Waals surface area contributed by atoms with Gasteiger partial charge in [-0.05, 0) is 46.9 Å². The van der Waals surface area contributed by atoms with Crippen LogP contribution in [0.1, 0.15) is 42.3 Å². The Morgan fingerprint density at radius 1 is 1.00 bits per heavy atom. The first kappa shape index (κ1) is 19.2. The molecule has 0 aliphatic heterocycles. The smallest absolute Gasteiger partial charge is 0.352 e. The normalized spacial score (nSPS) is 11.8. The zero-order valence-electron chi connectivity index (χ0n) is 15.4. The Kier molecular flexibility index (Phi) is 5.82. The highest BCUT2D eigenvalue weighted by molar-refractivity contribution is 6.02. The van der Waals surface area contributed by atoms with Gasteiger partial charge in [-0.2, -0.15) is 0 Å². The Morgan fingerprint density at radius 3 is 2.04 bits per heavy atom. The molecule has 2 aromatic carbocycles. The lowest BCUT2D eigenvalue weighted by molar-refractivity contribution is -0.132. The summed E-state index contributed by atoms with van der Waals surface area (Å²) in [6.45, 7) is 6.26. The molecule has 0 unspecified atom stereocenters. The molecule has 0 saturated heterocycles. The van der Waals surface area contributed by atoms with Crippen LogP contribution >= 0.6 is 0 Å². The van der Waals surface area contributed by atoms with Crippen molar-refractivity contribution in [3.8, 4) is 5.75 Å². The molecule has 2 aromatic rings. The lowest BCUT2D eigenvalue weighted by Gasteiger charge is -2.19. The monoisotopic (exact) mass is 353 g/mol. The van der Waals surface area contributed by atoms with Gasteiger partial charge in [-0.25, -0.2) is 4.79 Å². The van der Waals surface area contributed by atoms with E-state index in [2.05, 4.69) is 26.1 Å². The Labute approximate surface area is 153 Å². The molecule has 5 nitrogen and oxygen atoms in total. The Bertz CT molecular complexity index is 813. The average Bonchev–Trinajstić information content (AvgIpc) is 2.61. The Morgan fingerprint density at radius 2 is 1.58 bits per heavy atom. The topological polar surface area (TPSA) is 75.6 Å². The number of aliphatic carboxylic acids is 1. The molecule has 2 N–H and O–H groups in total. The number of amides is 1. The molecule has 1 amide bonds. The number of benzene rings is 2. The van der Waals surface area contributed by atoms with Crippen LogP contribution in [0.5, 0.6) is 5.75 Å². The van der Waals surface area contributed by atoms with Crippen molar-refractivity contribution in [2.45, 2.75) is 26.2 Å². The molecule has 0 aliphatic rings. The zero-order valence-corrected chi connectivity index (χ0v) is 15.4. The second-order valence-electron chi connectivity index (χ2n) is 6.92. The van der Waals surface area contributed by atoms with E-state index in [0.29, 0.717) is 16.9 Å². The van der Waals surface area contributed by atoms with Gasteiger partial charge in [-0.15, -0.1) is 0 Å². The Balaban J connectivity index is 2.19. The molecule has 5 heteroatoms. The van der Waals surface area contributed by atoms with Gasteiger partial charge in [0.15, 0.2) is 0 Å². The van der Waals surface area contributed by atoms with Gasteiger partial charge in [0, 0.05) is 5.56 Å². The maximum Gasteiger partial charge on any atom is 0.352 e. The van der Waals surface area contributed by atoms with Crippen LogP contribution in [-0.4, -0.2) is 24.1 Å². The van der Waals surface area contributed by atoms with Crippen LogP contribution in [-0.2, 0) is 10.2 Å². The minimum absolute atomic E-state index is 0.0184. The molecule has 0 bridgehead atoms. The summed E-state index contributed by atoms with van der Waals surface area (Å²) in [6.07, 6.45) is 1.41. The van der Waals surface area contributed by atoms with Crippen LogP contribution in [0.2, 0.25) is 0 Å². The second kappa shape index (κ2) is 7.87. The number of carboxylic acids is 1. The number of carbonyl (C=O) groups excluding carboxylic acids is 1. The predicted octanol–water partition coefficient (Wildman–Crippen LogP) is 3.85. The van der Waals surface area contributed by atoms with Crippen LogP contribution in [0.25, 0.3) is 6.08 Å². The molecule has 0 aliphatic carbocycles. The highest BCUT2D eigenvalue weighted by atomic mass is 16.5. The SMILES string of the molecule is COc1ccc(C=C(NC(=O)c2ccc(C(C)(C)C)cc2)C(=O)O)cc1. The molecule has 136 valence electrons. The van der Waals surface area contributed by atoms with E-state index in [1.165, 1.54) is 6.08 Å². The molecule has 0 heterocycles. The second-order valence-corrected chi connectivity index (χ2v) is 6.92. The van der Waals surface area contributed by atoms with Gasteiger partial charge < -0.3 is 15.2 Å². The summed E-state index contributed by atoms with van der Waals surface area (Å²) in [5, 5.41) is 11.8. The van der Waals surface area contributed by atoms with Crippen molar-refractivity contribution in [2.24, 2.45) is 0 Å². The first-order valence-corrected chi connectivity index (χ1v) is 8.21. The van der Waals surface area contributed by atoms with E-state index in [1.807, 2.05) is 12.1 Å². The lowest BCUT2D eigenvalue weighted by atomic mass is 9.87. The average molecular weight is 353 g/mol. The van der Waals surface area contributed by atoms with E-state index in [1.54, 1.807) is 43.5 Å². The van der Waals surface area contributed by atoms with Crippen molar-refractivity contribution >= 4 is 18.0 Å². The molecule has 0 aromatic heterocycles. The van der Waals surface area contributed by atoms with E-state index in [4.69, 9.17) is 4.74 Å². The van der Waals surface area contributed by atoms with Crippen molar-refractivity contribution in [3.05, 3.63) is 70.9 Å². The van der Waals surface area contributed by atoms with E-state index >= 15 is 0 Å². The summed E-state index contributed by atoms with van der Waals surface area (Å²) in [6, 6.07) is 14.0. The third kappa shape index (κ3) is 4.96. The third-order valence-corrected chi connectivity index (χ3v) is 3.92. The van der Waals surface area contributed by atoms with Crippen LogP contribution in [0, 0.1) is 0 Å². The van der Waals surface area contributed by atoms with Crippen molar-refractivity contribution in [1.29, 1.82) is 0 Å². The fourth-order valence-electron chi connectivity index (χ4n) is 2.33. The first-order valence-electron chi connectivity index (χ1n) is 8.21. The number of ether oxygens (including phenoxy) is 1. The quantitative estimate of drug-likeness (QED) is 0.801. The van der Waals surface area contributed by atoms with Crippen LogP contribution in [0.15, 0.2) is 54.2 Å². The Hall–Kier alpha value is -3.08. The van der Waals surface area contributed by atoms with E-state index in [0.717, 1.165) is 5.56 Å². The summed E-state index contributed by atoms with van der Waals surface area (Å²) in [5.74, 6) is -1.00.